The molecule has 0 bridgehead atoms. The van der Waals surface area contributed by atoms with Gasteiger partial charge in [-0.3, -0.25) is 14.5 Å². The minimum absolute atomic E-state index is 0.0172. The van der Waals surface area contributed by atoms with Crippen molar-refractivity contribution in [1.29, 1.82) is 0 Å². The monoisotopic (exact) mass is 493 g/mol. The van der Waals surface area contributed by atoms with Crippen molar-refractivity contribution in [3.05, 3.63) is 35.6 Å². The molecule has 2 aromatic heterocycles. The Morgan fingerprint density at radius 3 is 2.88 bits per heavy atom. The Morgan fingerprint density at radius 1 is 1.48 bits per heavy atom. The van der Waals surface area contributed by atoms with Gasteiger partial charge in [0.05, 0.1) is 6.20 Å². The van der Waals surface area contributed by atoms with Crippen LogP contribution in [0.1, 0.15) is 12.7 Å². The maximum atomic E-state index is 12.9. The van der Waals surface area contributed by atoms with E-state index in [-0.39, 0.29) is 29.0 Å². The maximum Gasteiger partial charge on any atom is 0.352 e. The second-order valence-electron chi connectivity index (χ2n) is 7.09. The van der Waals surface area contributed by atoms with Gasteiger partial charge in [0.2, 0.25) is 11.5 Å². The summed E-state index contributed by atoms with van der Waals surface area (Å²) in [5, 5.41) is 15.8. The first-order valence-electron chi connectivity index (χ1n) is 9.83. The number of aliphatic carboxylic acids is 1. The number of carbonyl (C=O) groups is 3. The Balaban J connectivity index is 1.54. The van der Waals surface area contributed by atoms with Crippen molar-refractivity contribution in [1.82, 2.24) is 24.3 Å². The highest BCUT2D eigenvalue weighted by Gasteiger charge is 2.54. The van der Waals surface area contributed by atoms with Crippen molar-refractivity contribution >= 4 is 51.9 Å². The van der Waals surface area contributed by atoms with E-state index < -0.39 is 29.2 Å². The van der Waals surface area contributed by atoms with Crippen LogP contribution in [0.15, 0.2) is 34.9 Å². The van der Waals surface area contributed by atoms with Crippen molar-refractivity contribution in [3.63, 3.8) is 0 Å². The summed E-state index contributed by atoms with van der Waals surface area (Å²) < 4.78 is 7.63. The van der Waals surface area contributed by atoms with Gasteiger partial charge >= 0.3 is 5.97 Å². The Morgan fingerprint density at radius 2 is 2.27 bits per heavy atom. The molecule has 0 spiro atoms. The van der Waals surface area contributed by atoms with Crippen LogP contribution in [-0.2, 0) is 32.8 Å². The topological polar surface area (TPSA) is 169 Å². The molecule has 2 atom stereocenters. The van der Waals surface area contributed by atoms with Gasteiger partial charge in [-0.2, -0.15) is 14.0 Å². The van der Waals surface area contributed by atoms with E-state index in [1.807, 2.05) is 34.9 Å². The quantitative estimate of drug-likeness (QED) is 0.179. The molecule has 4 rings (SSSR count). The summed E-state index contributed by atoms with van der Waals surface area (Å²) >= 11 is 2.27. The van der Waals surface area contributed by atoms with Crippen LogP contribution in [0.3, 0.4) is 0 Å². The van der Waals surface area contributed by atoms with E-state index in [4.69, 9.17) is 10.6 Å². The van der Waals surface area contributed by atoms with E-state index in [9.17, 15) is 19.5 Å². The molecule has 33 heavy (non-hydrogen) atoms. The van der Waals surface area contributed by atoms with Gasteiger partial charge in [0, 0.05) is 23.4 Å². The van der Waals surface area contributed by atoms with Gasteiger partial charge in [-0.15, -0.1) is 16.4 Å². The second kappa shape index (κ2) is 9.19. The van der Waals surface area contributed by atoms with Crippen molar-refractivity contribution in [3.8, 4) is 0 Å². The SMILES string of the molecule is CCON=C(C(=O)NC1C(=O)N2C(C(=O)O)=C(Cn3ccc[n+]3C)CS[C@H]12)c1nsc(N)n1. The molecule has 4 N–H and O–H groups in total. The lowest BCUT2D eigenvalue weighted by molar-refractivity contribution is -0.752. The molecule has 2 aliphatic heterocycles. The van der Waals surface area contributed by atoms with Crippen LogP contribution in [0, 0.1) is 0 Å². The molecule has 1 fully saturated rings. The summed E-state index contributed by atoms with van der Waals surface area (Å²) in [6, 6.07) is 0.913. The molecule has 13 nitrogen and oxygen atoms in total. The second-order valence-corrected chi connectivity index (χ2v) is 8.98. The first-order chi connectivity index (χ1) is 15.8. The number of nitrogen functional groups attached to an aromatic ring is 1. The number of oxime groups is 1. The van der Waals surface area contributed by atoms with E-state index in [2.05, 4.69) is 19.8 Å². The number of amides is 2. The first-order valence-corrected chi connectivity index (χ1v) is 11.7. The predicted molar refractivity (Wildman–Crippen MR) is 118 cm³/mol. The third-order valence-corrected chi connectivity index (χ3v) is 6.89. The van der Waals surface area contributed by atoms with Gasteiger partial charge in [-0.25, -0.2) is 4.79 Å². The molecular formula is C18H21N8O5S2+. The van der Waals surface area contributed by atoms with Crippen molar-refractivity contribution in [2.45, 2.75) is 24.9 Å². The van der Waals surface area contributed by atoms with Gasteiger partial charge in [0.1, 0.15) is 30.3 Å². The molecule has 4 heterocycles. The van der Waals surface area contributed by atoms with Crippen LogP contribution in [0.4, 0.5) is 5.13 Å². The highest BCUT2D eigenvalue weighted by molar-refractivity contribution is 8.00. The minimum Gasteiger partial charge on any atom is -0.477 e. The lowest BCUT2D eigenvalue weighted by Gasteiger charge is -2.49. The highest BCUT2D eigenvalue weighted by atomic mass is 32.2. The number of nitrogens with one attached hydrogen (secondary N) is 1. The number of carboxylic acids is 1. The van der Waals surface area contributed by atoms with Crippen LogP contribution in [0.25, 0.3) is 0 Å². The van der Waals surface area contributed by atoms with Crippen LogP contribution in [-0.4, -0.2) is 71.3 Å². The Hall–Kier alpha value is -3.46. The fraction of sp³-hybridized carbons (Fsp3) is 0.389. The molecule has 0 saturated carbocycles. The van der Waals surface area contributed by atoms with E-state index in [1.165, 1.54) is 16.7 Å². The number of aryl methyl sites for hydroxylation is 1. The van der Waals surface area contributed by atoms with Crippen molar-refractivity contribution in [2.24, 2.45) is 12.2 Å². The predicted octanol–water partition coefficient (Wildman–Crippen LogP) is -1.07. The average molecular weight is 494 g/mol. The summed E-state index contributed by atoms with van der Waals surface area (Å²) in [4.78, 5) is 48.0. The molecule has 1 unspecified atom stereocenters. The Kier molecular flexibility index (Phi) is 6.33. The number of hydrogen-bond donors (Lipinski definition) is 3. The third kappa shape index (κ3) is 4.28. The highest BCUT2D eigenvalue weighted by Crippen LogP contribution is 2.40. The number of β-lactam (4-membered cyclic amide) rings is 1. The van der Waals surface area contributed by atoms with E-state index in [0.717, 1.165) is 11.5 Å². The fourth-order valence-electron chi connectivity index (χ4n) is 3.47. The lowest BCUT2D eigenvalue weighted by Crippen LogP contribution is -2.71. The zero-order chi connectivity index (χ0) is 23.7. The van der Waals surface area contributed by atoms with Crippen molar-refractivity contribution < 1.29 is 29.0 Å². The van der Waals surface area contributed by atoms with Crippen molar-refractivity contribution in [2.75, 3.05) is 18.1 Å². The number of aromatic nitrogens is 4. The molecule has 1 saturated heterocycles. The largest absolute Gasteiger partial charge is 0.477 e. The van der Waals surface area contributed by atoms with Gasteiger partial charge in [-0.1, -0.05) is 5.16 Å². The number of hydrogen-bond acceptors (Lipinski definition) is 10. The smallest absolute Gasteiger partial charge is 0.352 e. The number of carboxylic acid groups (broad SMARTS) is 1. The molecule has 2 amide bonds. The zero-order valence-corrected chi connectivity index (χ0v) is 19.3. The molecule has 2 aliphatic rings. The third-order valence-electron chi connectivity index (χ3n) is 5.01. The van der Waals surface area contributed by atoms with Crippen LogP contribution < -0.4 is 15.7 Å². The Labute approximate surface area is 196 Å². The van der Waals surface area contributed by atoms with E-state index >= 15 is 0 Å². The number of nitrogens with zero attached hydrogens (tertiary/aromatic N) is 6. The Bertz CT molecular complexity index is 1170. The normalized spacial score (nSPS) is 20.4. The van der Waals surface area contributed by atoms with Gasteiger partial charge in [0.15, 0.2) is 18.4 Å². The van der Waals surface area contributed by atoms with E-state index in [1.54, 1.807) is 6.92 Å². The van der Waals surface area contributed by atoms with Crippen LogP contribution in [0.2, 0.25) is 0 Å². The van der Waals surface area contributed by atoms with Gasteiger partial charge < -0.3 is 21.0 Å². The van der Waals surface area contributed by atoms with Gasteiger partial charge in [-0.05, 0) is 12.5 Å². The van der Waals surface area contributed by atoms with Gasteiger partial charge in [0.25, 0.3) is 11.8 Å². The summed E-state index contributed by atoms with van der Waals surface area (Å²) in [6.07, 6.45) is 3.66. The average Bonchev–Trinajstić information content (AvgIpc) is 3.39. The number of nitrogens with two attached hydrogens (primary N) is 1. The zero-order valence-electron chi connectivity index (χ0n) is 17.7. The number of thioether (sulfide) groups is 1. The molecule has 0 radical (unpaired) electrons. The van der Waals surface area contributed by atoms with Crippen LogP contribution >= 0.6 is 23.3 Å². The molecular weight excluding hydrogens is 472 g/mol. The number of carbonyl (C=O) groups excluding carboxylic acids is 2. The minimum atomic E-state index is -1.19. The number of rotatable bonds is 8. The van der Waals surface area contributed by atoms with E-state index in [0.29, 0.717) is 17.9 Å². The summed E-state index contributed by atoms with van der Waals surface area (Å²) in [7, 11) is 1.84. The fourth-order valence-corrected chi connectivity index (χ4v) is 5.24. The maximum absolute atomic E-state index is 12.9. The number of fused-ring (bicyclic) bond motifs is 1. The molecule has 15 heteroatoms. The molecule has 0 aromatic carbocycles. The summed E-state index contributed by atoms with van der Waals surface area (Å²) in [5.41, 5.74) is 5.93. The lowest BCUT2D eigenvalue weighted by atomic mass is 10.0. The molecule has 2 aromatic rings. The standard InChI is InChI=1S/C18H20N8O5S2/c1-3-31-22-10(13-21-18(19)33-23-13)14(27)20-11-15(28)26-12(17(29)30)9(8-32-16(11)26)7-25-6-4-5-24(25)2/h4-6,11,16H,3,7-8H2,1-2H3,(H3-,19,20,21,23,27,29,30)/p+1/t11?,16-/m1/s1. The molecule has 0 aliphatic carbocycles. The summed E-state index contributed by atoms with van der Waals surface area (Å²) in [6.45, 7) is 2.23. The number of anilines is 1. The summed E-state index contributed by atoms with van der Waals surface area (Å²) in [5.74, 6) is -2.05. The molecule has 174 valence electrons. The van der Waals surface area contributed by atoms with Crippen LogP contribution in [0.5, 0.6) is 0 Å². The first kappa shape index (κ1) is 22.7.